The highest BCUT2D eigenvalue weighted by molar-refractivity contribution is 5.34. The standard InChI is InChI=1S/C22H27NO2/c23-15-21-18-9-5-4-8-17(18)10-11-19(21)20(22-24-12-13-25-22)14-16-6-2-1-3-7-16/h1-9,19-22H,10-15,23H2. The van der Waals surface area contributed by atoms with E-state index < -0.39 is 0 Å². The van der Waals surface area contributed by atoms with Crippen LogP contribution in [-0.2, 0) is 22.3 Å². The van der Waals surface area contributed by atoms with Gasteiger partial charge in [-0.05, 0) is 54.3 Å². The molecule has 25 heavy (non-hydrogen) atoms. The molecule has 3 heteroatoms. The summed E-state index contributed by atoms with van der Waals surface area (Å²) in [5, 5.41) is 0. The van der Waals surface area contributed by atoms with Crippen LogP contribution in [0.4, 0.5) is 0 Å². The van der Waals surface area contributed by atoms with E-state index in [0.717, 1.165) is 19.3 Å². The van der Waals surface area contributed by atoms with Gasteiger partial charge in [-0.1, -0.05) is 54.6 Å². The van der Waals surface area contributed by atoms with E-state index in [9.17, 15) is 0 Å². The summed E-state index contributed by atoms with van der Waals surface area (Å²) in [7, 11) is 0. The number of fused-ring (bicyclic) bond motifs is 1. The van der Waals surface area contributed by atoms with E-state index in [-0.39, 0.29) is 6.29 Å². The molecule has 3 unspecified atom stereocenters. The quantitative estimate of drug-likeness (QED) is 0.908. The average molecular weight is 337 g/mol. The van der Waals surface area contributed by atoms with Gasteiger partial charge < -0.3 is 15.2 Å². The minimum absolute atomic E-state index is 0.107. The molecule has 0 bridgehead atoms. The molecule has 3 atom stereocenters. The fourth-order valence-electron chi connectivity index (χ4n) is 4.65. The van der Waals surface area contributed by atoms with Gasteiger partial charge in [-0.15, -0.1) is 0 Å². The predicted molar refractivity (Wildman–Crippen MR) is 99.4 cm³/mol. The molecule has 132 valence electrons. The first-order valence-electron chi connectivity index (χ1n) is 9.42. The van der Waals surface area contributed by atoms with Crippen molar-refractivity contribution in [2.24, 2.45) is 17.6 Å². The number of nitrogens with two attached hydrogens (primary N) is 1. The van der Waals surface area contributed by atoms with Crippen molar-refractivity contribution < 1.29 is 9.47 Å². The van der Waals surface area contributed by atoms with Gasteiger partial charge in [0.1, 0.15) is 0 Å². The fourth-order valence-corrected chi connectivity index (χ4v) is 4.65. The van der Waals surface area contributed by atoms with Crippen LogP contribution in [0.25, 0.3) is 0 Å². The molecule has 0 aromatic heterocycles. The SMILES string of the molecule is NCC1c2ccccc2CCC1C(Cc1ccccc1)C1OCCO1. The Morgan fingerprint density at radius 2 is 1.68 bits per heavy atom. The van der Waals surface area contributed by atoms with Gasteiger partial charge in [-0.25, -0.2) is 0 Å². The molecule has 1 fully saturated rings. The monoisotopic (exact) mass is 337 g/mol. The van der Waals surface area contributed by atoms with E-state index in [4.69, 9.17) is 15.2 Å². The van der Waals surface area contributed by atoms with E-state index in [1.165, 1.54) is 16.7 Å². The van der Waals surface area contributed by atoms with E-state index in [1.807, 2.05) is 0 Å². The summed E-state index contributed by atoms with van der Waals surface area (Å²) in [6.07, 6.45) is 3.15. The van der Waals surface area contributed by atoms with Gasteiger partial charge in [0.2, 0.25) is 0 Å². The van der Waals surface area contributed by atoms with Crippen molar-refractivity contribution in [1.82, 2.24) is 0 Å². The first-order chi connectivity index (χ1) is 12.4. The molecule has 0 radical (unpaired) electrons. The molecule has 0 amide bonds. The normalized spacial score (nSPS) is 24.8. The third-order valence-corrected chi connectivity index (χ3v) is 5.83. The van der Waals surface area contributed by atoms with Crippen molar-refractivity contribution in [3.63, 3.8) is 0 Å². The van der Waals surface area contributed by atoms with Crippen LogP contribution in [0, 0.1) is 11.8 Å². The Kier molecular flexibility index (Phi) is 5.16. The number of ether oxygens (including phenoxy) is 2. The average Bonchev–Trinajstić information content (AvgIpc) is 3.20. The second-order valence-corrected chi connectivity index (χ2v) is 7.21. The molecule has 0 saturated carbocycles. The molecule has 1 saturated heterocycles. The Morgan fingerprint density at radius 1 is 0.960 bits per heavy atom. The molecule has 3 nitrogen and oxygen atoms in total. The lowest BCUT2D eigenvalue weighted by molar-refractivity contribution is -0.104. The van der Waals surface area contributed by atoms with Gasteiger partial charge in [0, 0.05) is 5.92 Å². The highest BCUT2D eigenvalue weighted by atomic mass is 16.7. The zero-order valence-electron chi connectivity index (χ0n) is 14.6. The van der Waals surface area contributed by atoms with Crippen molar-refractivity contribution in [2.45, 2.75) is 31.5 Å². The minimum Gasteiger partial charge on any atom is -0.350 e. The summed E-state index contributed by atoms with van der Waals surface area (Å²) >= 11 is 0. The van der Waals surface area contributed by atoms with Crippen LogP contribution in [0.2, 0.25) is 0 Å². The molecule has 2 aromatic carbocycles. The predicted octanol–water partition coefficient (Wildman–Crippen LogP) is 3.52. The summed E-state index contributed by atoms with van der Waals surface area (Å²) < 4.78 is 11.9. The zero-order chi connectivity index (χ0) is 17.1. The maximum absolute atomic E-state index is 6.26. The van der Waals surface area contributed by atoms with Crippen LogP contribution in [0.15, 0.2) is 54.6 Å². The Labute approximate surface area is 150 Å². The molecule has 2 aliphatic rings. The van der Waals surface area contributed by atoms with Crippen LogP contribution in [0.3, 0.4) is 0 Å². The summed E-state index contributed by atoms with van der Waals surface area (Å²) in [6.45, 7) is 2.08. The third kappa shape index (κ3) is 3.50. The highest BCUT2D eigenvalue weighted by Crippen LogP contribution is 2.43. The number of hydrogen-bond donors (Lipinski definition) is 1. The van der Waals surface area contributed by atoms with Crippen molar-refractivity contribution in [2.75, 3.05) is 19.8 Å². The van der Waals surface area contributed by atoms with Crippen molar-refractivity contribution in [3.05, 3.63) is 71.3 Å². The van der Waals surface area contributed by atoms with Gasteiger partial charge in [0.25, 0.3) is 0 Å². The smallest absolute Gasteiger partial charge is 0.161 e. The molecule has 4 rings (SSSR count). The molecular formula is C22H27NO2. The summed E-state index contributed by atoms with van der Waals surface area (Å²) in [6, 6.07) is 19.5. The Morgan fingerprint density at radius 3 is 2.44 bits per heavy atom. The Hall–Kier alpha value is -1.68. The second-order valence-electron chi connectivity index (χ2n) is 7.21. The number of benzene rings is 2. The Balaban J connectivity index is 1.64. The van der Waals surface area contributed by atoms with Gasteiger partial charge >= 0.3 is 0 Å². The summed E-state index contributed by atoms with van der Waals surface area (Å²) in [5.74, 6) is 1.21. The maximum Gasteiger partial charge on any atom is 0.161 e. The van der Waals surface area contributed by atoms with Crippen LogP contribution in [-0.4, -0.2) is 26.0 Å². The van der Waals surface area contributed by atoms with E-state index in [2.05, 4.69) is 54.6 Å². The van der Waals surface area contributed by atoms with Crippen molar-refractivity contribution in [1.29, 1.82) is 0 Å². The van der Waals surface area contributed by atoms with Crippen LogP contribution >= 0.6 is 0 Å². The molecule has 0 spiro atoms. The molecule has 1 aliphatic heterocycles. The molecule has 1 heterocycles. The lowest BCUT2D eigenvalue weighted by atomic mass is 9.68. The van der Waals surface area contributed by atoms with Gasteiger partial charge in [-0.2, -0.15) is 0 Å². The van der Waals surface area contributed by atoms with Crippen LogP contribution in [0.5, 0.6) is 0 Å². The van der Waals surface area contributed by atoms with E-state index in [1.54, 1.807) is 0 Å². The van der Waals surface area contributed by atoms with Gasteiger partial charge in [0.15, 0.2) is 6.29 Å². The first kappa shape index (κ1) is 16.8. The summed E-state index contributed by atoms with van der Waals surface area (Å²) in [4.78, 5) is 0. The first-order valence-corrected chi connectivity index (χ1v) is 9.42. The number of hydrogen-bond acceptors (Lipinski definition) is 3. The van der Waals surface area contributed by atoms with Crippen molar-refractivity contribution >= 4 is 0 Å². The largest absolute Gasteiger partial charge is 0.350 e. The molecular weight excluding hydrogens is 310 g/mol. The second kappa shape index (κ2) is 7.69. The summed E-state index contributed by atoms with van der Waals surface area (Å²) in [5.41, 5.74) is 10.5. The topological polar surface area (TPSA) is 44.5 Å². The maximum atomic E-state index is 6.26. The Bertz CT molecular complexity index is 681. The van der Waals surface area contributed by atoms with Crippen LogP contribution < -0.4 is 5.73 Å². The zero-order valence-corrected chi connectivity index (χ0v) is 14.6. The van der Waals surface area contributed by atoms with Gasteiger partial charge in [-0.3, -0.25) is 0 Å². The van der Waals surface area contributed by atoms with Crippen molar-refractivity contribution in [3.8, 4) is 0 Å². The van der Waals surface area contributed by atoms with Crippen LogP contribution in [0.1, 0.15) is 29.0 Å². The lowest BCUT2D eigenvalue weighted by Crippen LogP contribution is -2.39. The number of rotatable bonds is 5. The lowest BCUT2D eigenvalue weighted by Gasteiger charge is -2.40. The molecule has 2 aromatic rings. The third-order valence-electron chi connectivity index (χ3n) is 5.83. The van der Waals surface area contributed by atoms with Gasteiger partial charge in [0.05, 0.1) is 13.2 Å². The van der Waals surface area contributed by atoms with E-state index >= 15 is 0 Å². The fraction of sp³-hybridized carbons (Fsp3) is 0.455. The molecule has 1 aliphatic carbocycles. The minimum atomic E-state index is -0.107. The molecule has 2 N–H and O–H groups in total. The van der Waals surface area contributed by atoms with E-state index in [0.29, 0.717) is 37.5 Å². The highest BCUT2D eigenvalue weighted by Gasteiger charge is 2.40. The number of aryl methyl sites for hydroxylation is 1.